The fourth-order valence-electron chi connectivity index (χ4n) is 3.49. The summed E-state index contributed by atoms with van der Waals surface area (Å²) in [5.41, 5.74) is 2.76. The Balaban J connectivity index is 1.98. The van der Waals surface area contributed by atoms with Gasteiger partial charge in [0.05, 0.1) is 12.7 Å². The first-order valence-electron chi connectivity index (χ1n) is 9.59. The van der Waals surface area contributed by atoms with E-state index in [0.717, 1.165) is 5.56 Å². The predicted molar refractivity (Wildman–Crippen MR) is 116 cm³/mol. The molecule has 5 nitrogen and oxygen atoms in total. The number of halogens is 1. The highest BCUT2D eigenvalue weighted by Crippen LogP contribution is 2.37. The number of carbonyl (C=O) groups is 1. The Morgan fingerprint density at radius 2 is 1.52 bits per heavy atom. The number of methoxy groups -OCH3 is 1. The van der Waals surface area contributed by atoms with E-state index in [9.17, 15) is 14.0 Å². The quantitative estimate of drug-likeness (QED) is 0.242. The maximum Gasteiger partial charge on any atom is 0.344 e. The summed E-state index contributed by atoms with van der Waals surface area (Å²) in [4.78, 5) is 24.3. The van der Waals surface area contributed by atoms with Crippen molar-refractivity contribution in [2.24, 2.45) is 0 Å². The molecule has 0 atom stereocenters. The normalized spacial score (nSPS) is 10.8. The van der Waals surface area contributed by atoms with Crippen LogP contribution in [-0.4, -0.2) is 13.1 Å². The van der Waals surface area contributed by atoms with Gasteiger partial charge in [0.2, 0.25) is 0 Å². The summed E-state index contributed by atoms with van der Waals surface area (Å²) in [6.07, 6.45) is 0. The topological polar surface area (TPSA) is 65.7 Å². The van der Waals surface area contributed by atoms with Crippen LogP contribution in [0.3, 0.4) is 0 Å². The molecule has 4 rings (SSSR count). The molecule has 0 aliphatic rings. The molecule has 31 heavy (non-hydrogen) atoms. The van der Waals surface area contributed by atoms with Crippen molar-refractivity contribution in [3.63, 3.8) is 0 Å². The molecule has 0 amide bonds. The van der Waals surface area contributed by atoms with Gasteiger partial charge in [0.25, 0.3) is 0 Å². The van der Waals surface area contributed by atoms with E-state index in [-0.39, 0.29) is 0 Å². The van der Waals surface area contributed by atoms with Crippen LogP contribution in [0.2, 0.25) is 0 Å². The molecule has 0 saturated heterocycles. The molecule has 0 bridgehead atoms. The van der Waals surface area contributed by atoms with Crippen LogP contribution in [0.15, 0.2) is 75.9 Å². The van der Waals surface area contributed by atoms with Gasteiger partial charge in [0.15, 0.2) is 0 Å². The molecule has 0 N–H and O–H groups in total. The number of benzene rings is 3. The zero-order chi connectivity index (χ0) is 22.0. The van der Waals surface area contributed by atoms with Gasteiger partial charge in [-0.15, -0.1) is 0 Å². The summed E-state index contributed by atoms with van der Waals surface area (Å²) in [6, 6.07) is 18.8. The number of rotatable bonds is 5. The maximum absolute atomic E-state index is 13.0. The Kier molecular flexibility index (Phi) is 5.54. The van der Waals surface area contributed by atoms with Gasteiger partial charge in [-0.05, 0) is 41.0 Å². The van der Waals surface area contributed by atoms with Crippen molar-refractivity contribution in [2.45, 2.75) is 13.6 Å². The second-order valence-corrected chi connectivity index (χ2v) is 6.95. The van der Waals surface area contributed by atoms with Gasteiger partial charge in [0.1, 0.15) is 23.8 Å². The Morgan fingerprint density at radius 3 is 2.13 bits per heavy atom. The Morgan fingerprint density at radius 1 is 0.903 bits per heavy atom. The summed E-state index contributed by atoms with van der Waals surface area (Å²) < 4.78 is 28.9. The average molecular weight is 418 g/mol. The molecular weight excluding hydrogens is 399 g/mol. The van der Waals surface area contributed by atoms with Crippen LogP contribution in [0, 0.1) is 0 Å². The van der Waals surface area contributed by atoms with E-state index in [2.05, 4.69) is 0 Å². The van der Waals surface area contributed by atoms with Crippen molar-refractivity contribution in [3.8, 4) is 33.8 Å². The molecule has 3 aromatic carbocycles. The second-order valence-electron chi connectivity index (χ2n) is 6.95. The number of esters is 1. The van der Waals surface area contributed by atoms with Crippen molar-refractivity contribution in [2.75, 3.05) is 7.11 Å². The third-order valence-corrected chi connectivity index (χ3v) is 4.92. The number of hydrogen-bond donors (Lipinski definition) is 0. The molecular formula is C25H19FO5. The van der Waals surface area contributed by atoms with Gasteiger partial charge in [0, 0.05) is 23.9 Å². The summed E-state index contributed by atoms with van der Waals surface area (Å²) in [7, 11) is 1.54. The van der Waals surface area contributed by atoms with Crippen LogP contribution in [0.5, 0.6) is 11.5 Å². The van der Waals surface area contributed by atoms with E-state index in [1.807, 2.05) is 6.07 Å². The number of carbonyl (C=O) groups excluding carboxylic acids is 1. The lowest BCUT2D eigenvalue weighted by atomic mass is 9.92. The molecule has 0 aliphatic heterocycles. The van der Waals surface area contributed by atoms with Crippen molar-refractivity contribution in [1.29, 1.82) is 0 Å². The van der Waals surface area contributed by atoms with E-state index in [4.69, 9.17) is 13.9 Å². The van der Waals surface area contributed by atoms with Gasteiger partial charge in [-0.2, -0.15) is 0 Å². The highest BCUT2D eigenvalue weighted by molar-refractivity contribution is 6.01. The van der Waals surface area contributed by atoms with Crippen LogP contribution in [0.1, 0.15) is 12.5 Å². The van der Waals surface area contributed by atoms with Crippen LogP contribution in [0.25, 0.3) is 33.2 Å². The van der Waals surface area contributed by atoms with E-state index in [1.54, 1.807) is 60.7 Å². The van der Waals surface area contributed by atoms with Gasteiger partial charge in [-0.1, -0.05) is 36.4 Å². The number of fused-ring (bicyclic) bond motifs is 1. The lowest BCUT2D eigenvalue weighted by molar-refractivity contribution is -0.131. The molecule has 0 radical (unpaired) electrons. The monoisotopic (exact) mass is 418 g/mol. The fraction of sp³-hybridized carbons (Fsp3) is 0.120. The van der Waals surface area contributed by atoms with Gasteiger partial charge in [-0.3, -0.25) is 4.79 Å². The van der Waals surface area contributed by atoms with E-state index >= 15 is 0 Å². The molecule has 4 aromatic rings. The SMILES string of the molecule is COc1ccc2c(-c3ccc(OC(C)=O)cc3)c(-c3ccc(CF)cc3)c(=O)oc2c1. The maximum atomic E-state index is 13.0. The average Bonchev–Trinajstić information content (AvgIpc) is 2.78. The fourth-order valence-corrected chi connectivity index (χ4v) is 3.49. The largest absolute Gasteiger partial charge is 0.497 e. The van der Waals surface area contributed by atoms with Crippen molar-refractivity contribution < 1.29 is 23.1 Å². The standard InChI is InChI=1S/C25H19FO5/c1-15(27)30-19-9-7-17(8-10-19)23-21-12-11-20(29-2)13-22(21)31-25(28)24(23)18-5-3-16(14-26)4-6-18/h3-13H,14H2,1-2H3. The van der Waals surface area contributed by atoms with E-state index < -0.39 is 18.3 Å². The summed E-state index contributed by atoms with van der Waals surface area (Å²) in [5.74, 6) is 0.546. The van der Waals surface area contributed by atoms with E-state index in [1.165, 1.54) is 14.0 Å². The number of hydrogen-bond acceptors (Lipinski definition) is 5. The Labute approximate surface area is 177 Å². The first-order chi connectivity index (χ1) is 15.0. The zero-order valence-electron chi connectivity index (χ0n) is 17.0. The molecule has 0 saturated carbocycles. The molecule has 1 aromatic heterocycles. The van der Waals surface area contributed by atoms with Crippen LogP contribution in [-0.2, 0) is 11.5 Å². The lowest BCUT2D eigenvalue weighted by Gasteiger charge is -2.14. The van der Waals surface area contributed by atoms with Crippen molar-refractivity contribution in [3.05, 3.63) is 82.7 Å². The minimum atomic E-state index is -0.586. The lowest BCUT2D eigenvalue weighted by Crippen LogP contribution is -2.06. The number of alkyl halides is 1. The third-order valence-electron chi connectivity index (χ3n) is 4.92. The molecule has 1 heterocycles. The first kappa shape index (κ1) is 20.3. The molecule has 0 unspecified atom stereocenters. The Bertz CT molecular complexity index is 1310. The summed E-state index contributed by atoms with van der Waals surface area (Å²) >= 11 is 0. The minimum Gasteiger partial charge on any atom is -0.497 e. The van der Waals surface area contributed by atoms with Crippen molar-refractivity contribution >= 4 is 16.9 Å². The minimum absolute atomic E-state index is 0.364. The van der Waals surface area contributed by atoms with Gasteiger partial charge < -0.3 is 13.9 Å². The van der Waals surface area contributed by atoms with Crippen LogP contribution in [0.4, 0.5) is 4.39 Å². The first-order valence-corrected chi connectivity index (χ1v) is 9.59. The molecule has 0 spiro atoms. The van der Waals surface area contributed by atoms with Gasteiger partial charge in [-0.25, -0.2) is 9.18 Å². The van der Waals surface area contributed by atoms with Crippen molar-refractivity contribution in [1.82, 2.24) is 0 Å². The summed E-state index contributed by atoms with van der Waals surface area (Å²) in [6.45, 7) is 0.743. The molecule has 0 aliphatic carbocycles. The second kappa shape index (κ2) is 8.44. The summed E-state index contributed by atoms with van der Waals surface area (Å²) in [5, 5.41) is 0.713. The number of ether oxygens (including phenoxy) is 2. The Hall–Kier alpha value is -3.93. The molecule has 6 heteroatoms. The third kappa shape index (κ3) is 4.05. The van der Waals surface area contributed by atoms with Crippen LogP contribution < -0.4 is 15.1 Å². The van der Waals surface area contributed by atoms with E-state index in [0.29, 0.717) is 44.7 Å². The smallest absolute Gasteiger partial charge is 0.344 e. The molecule has 156 valence electrons. The van der Waals surface area contributed by atoms with Gasteiger partial charge >= 0.3 is 11.6 Å². The van der Waals surface area contributed by atoms with Crippen LogP contribution >= 0.6 is 0 Å². The highest BCUT2D eigenvalue weighted by Gasteiger charge is 2.19. The zero-order valence-corrected chi connectivity index (χ0v) is 17.0. The highest BCUT2D eigenvalue weighted by atomic mass is 19.1. The predicted octanol–water partition coefficient (Wildman–Crippen LogP) is 5.53. The molecule has 0 fully saturated rings.